The van der Waals surface area contributed by atoms with E-state index in [-0.39, 0.29) is 25.1 Å². The lowest BCUT2D eigenvalue weighted by Gasteiger charge is -2.34. The fourth-order valence-corrected chi connectivity index (χ4v) is 4.44. The first-order valence-electron chi connectivity index (χ1n) is 11.7. The van der Waals surface area contributed by atoms with Gasteiger partial charge in [0.25, 0.3) is 17.7 Å². The average molecular weight is 482 g/mol. The fourth-order valence-electron chi connectivity index (χ4n) is 4.44. The first-order valence-corrected chi connectivity index (χ1v) is 11.7. The number of hydrogen-bond donors (Lipinski definition) is 4. The van der Waals surface area contributed by atoms with Gasteiger partial charge < -0.3 is 36.4 Å². The standard InChI is InChI=1S/C25H31N5O5/c1-15-4-3-11-29(15)24(33)17-5-2-6-19(14-17)30-12-13-35-21(25(30)34)20(31)23(32)28-18-9-7-16(8-10-18)22(26)27/h2,5-10,14-15,20-22,31H,3-4,11-13,26-27H2,1H3,(H,28,32). The number of amides is 3. The van der Waals surface area contributed by atoms with E-state index in [0.717, 1.165) is 12.8 Å². The van der Waals surface area contributed by atoms with Crippen LogP contribution in [0, 0.1) is 0 Å². The summed E-state index contributed by atoms with van der Waals surface area (Å²) < 4.78 is 5.48. The van der Waals surface area contributed by atoms with Crippen molar-refractivity contribution in [2.24, 2.45) is 11.5 Å². The molecule has 10 nitrogen and oxygen atoms in total. The predicted octanol–water partition coefficient (Wildman–Crippen LogP) is 0.959. The first kappa shape index (κ1) is 24.8. The molecule has 186 valence electrons. The minimum atomic E-state index is -1.72. The third kappa shape index (κ3) is 5.35. The van der Waals surface area contributed by atoms with Crippen molar-refractivity contribution >= 4 is 29.1 Å². The van der Waals surface area contributed by atoms with Crippen molar-refractivity contribution in [2.45, 2.75) is 44.2 Å². The maximum Gasteiger partial charge on any atom is 0.259 e. The number of aliphatic hydroxyl groups excluding tert-OH is 1. The van der Waals surface area contributed by atoms with Gasteiger partial charge in [-0.1, -0.05) is 18.2 Å². The number of carbonyl (C=O) groups is 3. The van der Waals surface area contributed by atoms with Gasteiger partial charge >= 0.3 is 0 Å². The summed E-state index contributed by atoms with van der Waals surface area (Å²) in [4.78, 5) is 42.0. The highest BCUT2D eigenvalue weighted by Crippen LogP contribution is 2.25. The molecule has 0 aromatic heterocycles. The number of nitrogens with two attached hydrogens (primary N) is 2. The number of hydrogen-bond acceptors (Lipinski definition) is 7. The fraction of sp³-hybridized carbons (Fsp3) is 0.400. The third-order valence-electron chi connectivity index (χ3n) is 6.46. The number of rotatable bonds is 6. The molecule has 0 aliphatic carbocycles. The van der Waals surface area contributed by atoms with Crippen LogP contribution in [0.3, 0.4) is 0 Å². The Labute approximate surface area is 203 Å². The molecule has 0 radical (unpaired) electrons. The van der Waals surface area contributed by atoms with Crippen molar-refractivity contribution in [3.05, 3.63) is 59.7 Å². The minimum absolute atomic E-state index is 0.0740. The van der Waals surface area contributed by atoms with Crippen molar-refractivity contribution in [3.63, 3.8) is 0 Å². The van der Waals surface area contributed by atoms with Crippen LogP contribution in [0.2, 0.25) is 0 Å². The summed E-state index contributed by atoms with van der Waals surface area (Å²) in [6, 6.07) is 13.5. The van der Waals surface area contributed by atoms with Crippen molar-refractivity contribution < 1.29 is 24.2 Å². The normalized spacial score (nSPS) is 21.3. The summed E-state index contributed by atoms with van der Waals surface area (Å²) in [5.41, 5.74) is 13.4. The zero-order valence-electron chi connectivity index (χ0n) is 19.6. The van der Waals surface area contributed by atoms with E-state index in [4.69, 9.17) is 16.2 Å². The Balaban J connectivity index is 1.45. The topological polar surface area (TPSA) is 151 Å². The van der Waals surface area contributed by atoms with Crippen LogP contribution in [0.1, 0.15) is 41.9 Å². The number of nitrogens with zero attached hydrogens (tertiary/aromatic N) is 2. The largest absolute Gasteiger partial charge is 0.380 e. The van der Waals surface area contributed by atoms with E-state index in [2.05, 4.69) is 5.32 Å². The Kier molecular flexibility index (Phi) is 7.46. The van der Waals surface area contributed by atoms with Gasteiger partial charge in [0.2, 0.25) is 0 Å². The molecule has 2 heterocycles. The second-order valence-electron chi connectivity index (χ2n) is 8.90. The van der Waals surface area contributed by atoms with Crippen LogP contribution in [-0.4, -0.2) is 65.7 Å². The van der Waals surface area contributed by atoms with Crippen LogP contribution >= 0.6 is 0 Å². The molecular formula is C25H31N5O5. The number of nitrogens with one attached hydrogen (secondary N) is 1. The lowest BCUT2D eigenvalue weighted by atomic mass is 10.1. The number of likely N-dealkylation sites (tertiary alicyclic amines) is 1. The summed E-state index contributed by atoms with van der Waals surface area (Å²) in [6.45, 7) is 3.11. The summed E-state index contributed by atoms with van der Waals surface area (Å²) in [7, 11) is 0. The highest BCUT2D eigenvalue weighted by Gasteiger charge is 2.39. The van der Waals surface area contributed by atoms with Crippen molar-refractivity contribution in [1.29, 1.82) is 0 Å². The summed E-state index contributed by atoms with van der Waals surface area (Å²) in [5.74, 6) is -1.40. The molecule has 3 amide bonds. The Morgan fingerprint density at radius 1 is 1.14 bits per heavy atom. The molecule has 2 saturated heterocycles. The Bertz CT molecular complexity index is 1090. The van der Waals surface area contributed by atoms with E-state index in [1.165, 1.54) is 4.90 Å². The molecule has 4 rings (SSSR count). The van der Waals surface area contributed by atoms with Crippen LogP contribution in [0.25, 0.3) is 0 Å². The summed E-state index contributed by atoms with van der Waals surface area (Å²) >= 11 is 0. The summed E-state index contributed by atoms with van der Waals surface area (Å²) in [5, 5.41) is 13.2. The molecule has 2 aliphatic heterocycles. The second kappa shape index (κ2) is 10.5. The van der Waals surface area contributed by atoms with Gasteiger partial charge in [0.05, 0.1) is 12.8 Å². The van der Waals surface area contributed by atoms with Crippen LogP contribution < -0.4 is 21.7 Å². The van der Waals surface area contributed by atoms with E-state index in [1.807, 2.05) is 11.8 Å². The first-order chi connectivity index (χ1) is 16.8. The molecule has 2 aliphatic rings. The van der Waals surface area contributed by atoms with Gasteiger partial charge in [0.1, 0.15) is 0 Å². The third-order valence-corrected chi connectivity index (χ3v) is 6.46. The molecule has 0 bridgehead atoms. The SMILES string of the molecule is CC1CCCN1C(=O)c1cccc(N2CCOC(C(O)C(=O)Nc3ccc(C(N)N)cc3)C2=O)c1. The molecule has 2 aromatic carbocycles. The van der Waals surface area contributed by atoms with Crippen molar-refractivity contribution in [3.8, 4) is 0 Å². The maximum absolute atomic E-state index is 13.2. The number of benzene rings is 2. The smallest absolute Gasteiger partial charge is 0.259 e. The van der Waals surface area contributed by atoms with Crippen molar-refractivity contribution in [1.82, 2.24) is 4.90 Å². The lowest BCUT2D eigenvalue weighted by Crippen LogP contribution is -2.55. The monoisotopic (exact) mass is 481 g/mol. The average Bonchev–Trinajstić information content (AvgIpc) is 3.29. The zero-order valence-corrected chi connectivity index (χ0v) is 19.6. The van der Waals surface area contributed by atoms with Gasteiger partial charge in [-0.3, -0.25) is 14.4 Å². The molecule has 3 atom stereocenters. The molecule has 0 spiro atoms. The molecule has 2 fully saturated rings. The quantitative estimate of drug-likeness (QED) is 0.449. The van der Waals surface area contributed by atoms with Gasteiger partial charge in [0, 0.05) is 36.1 Å². The van der Waals surface area contributed by atoms with Gasteiger partial charge in [-0.2, -0.15) is 0 Å². The Morgan fingerprint density at radius 3 is 2.54 bits per heavy atom. The maximum atomic E-state index is 13.2. The summed E-state index contributed by atoms with van der Waals surface area (Å²) in [6.07, 6.45) is -1.80. The Hall–Kier alpha value is -3.31. The van der Waals surface area contributed by atoms with Crippen LogP contribution in [-0.2, 0) is 14.3 Å². The zero-order chi connectivity index (χ0) is 25.1. The van der Waals surface area contributed by atoms with Gasteiger partial charge in [0.15, 0.2) is 12.2 Å². The van der Waals surface area contributed by atoms with E-state index in [9.17, 15) is 19.5 Å². The number of anilines is 2. The molecule has 10 heteroatoms. The van der Waals surface area contributed by atoms with Crippen LogP contribution in [0.15, 0.2) is 48.5 Å². The highest BCUT2D eigenvalue weighted by atomic mass is 16.5. The van der Waals surface area contributed by atoms with E-state index < -0.39 is 30.2 Å². The number of aliphatic hydroxyl groups is 1. The van der Waals surface area contributed by atoms with E-state index >= 15 is 0 Å². The number of carbonyl (C=O) groups excluding carboxylic acids is 3. The molecule has 0 saturated carbocycles. The van der Waals surface area contributed by atoms with Crippen LogP contribution in [0.4, 0.5) is 11.4 Å². The highest BCUT2D eigenvalue weighted by molar-refractivity contribution is 6.04. The van der Waals surface area contributed by atoms with Gasteiger partial charge in [-0.25, -0.2) is 0 Å². The molecule has 35 heavy (non-hydrogen) atoms. The molecule has 3 unspecified atom stereocenters. The van der Waals surface area contributed by atoms with Crippen molar-refractivity contribution in [2.75, 3.05) is 29.9 Å². The Morgan fingerprint density at radius 2 is 1.89 bits per heavy atom. The predicted molar refractivity (Wildman–Crippen MR) is 130 cm³/mol. The lowest BCUT2D eigenvalue weighted by molar-refractivity contribution is -0.150. The number of morpholine rings is 1. The number of ether oxygens (including phenoxy) is 1. The van der Waals surface area contributed by atoms with Gasteiger partial charge in [-0.15, -0.1) is 0 Å². The van der Waals surface area contributed by atoms with Crippen LogP contribution in [0.5, 0.6) is 0 Å². The molecule has 2 aromatic rings. The van der Waals surface area contributed by atoms with Gasteiger partial charge in [-0.05, 0) is 55.7 Å². The molecular weight excluding hydrogens is 450 g/mol. The minimum Gasteiger partial charge on any atom is -0.380 e. The molecule has 6 N–H and O–H groups in total. The second-order valence-corrected chi connectivity index (χ2v) is 8.90. The van der Waals surface area contributed by atoms with E-state index in [1.54, 1.807) is 48.5 Å². The van der Waals surface area contributed by atoms with E-state index in [0.29, 0.717) is 29.0 Å².